The largest absolute Gasteiger partial charge is 0.469 e. The minimum atomic E-state index is -0.178. The Morgan fingerprint density at radius 2 is 2.08 bits per heavy atom. The number of esters is 1. The van der Waals surface area contributed by atoms with Gasteiger partial charge in [0.15, 0.2) is 0 Å². The van der Waals surface area contributed by atoms with Gasteiger partial charge in [-0.2, -0.15) is 0 Å². The van der Waals surface area contributed by atoms with E-state index in [0.717, 1.165) is 6.42 Å². The number of hydrogen-bond acceptors (Lipinski definition) is 3. The first-order valence-electron chi connectivity index (χ1n) is 4.76. The van der Waals surface area contributed by atoms with Gasteiger partial charge in [0, 0.05) is 12.5 Å². The van der Waals surface area contributed by atoms with E-state index >= 15 is 0 Å². The Morgan fingerprint density at radius 1 is 1.54 bits per heavy atom. The average molecular weight is 187 g/mol. The van der Waals surface area contributed by atoms with Crippen molar-refractivity contribution in [2.45, 2.75) is 46.1 Å². The van der Waals surface area contributed by atoms with Crippen LogP contribution in [0.3, 0.4) is 0 Å². The van der Waals surface area contributed by atoms with Crippen molar-refractivity contribution in [1.29, 1.82) is 0 Å². The van der Waals surface area contributed by atoms with Gasteiger partial charge in [-0.15, -0.1) is 0 Å². The van der Waals surface area contributed by atoms with Crippen molar-refractivity contribution in [2.24, 2.45) is 11.1 Å². The van der Waals surface area contributed by atoms with E-state index in [9.17, 15) is 4.79 Å². The molecule has 0 aromatic carbocycles. The maximum atomic E-state index is 10.9. The summed E-state index contributed by atoms with van der Waals surface area (Å²) in [5.74, 6) is -0.178. The number of methoxy groups -OCH3 is 1. The van der Waals surface area contributed by atoms with Crippen molar-refractivity contribution in [3.05, 3.63) is 0 Å². The quantitative estimate of drug-likeness (QED) is 0.666. The summed E-state index contributed by atoms with van der Waals surface area (Å²) in [7, 11) is 1.40. The summed E-state index contributed by atoms with van der Waals surface area (Å²) in [6, 6.07) is 0.0663. The van der Waals surface area contributed by atoms with E-state index in [4.69, 9.17) is 5.73 Å². The zero-order valence-corrected chi connectivity index (χ0v) is 9.09. The molecule has 0 spiro atoms. The number of carbonyl (C=O) groups is 1. The van der Waals surface area contributed by atoms with Gasteiger partial charge in [0.1, 0.15) is 0 Å². The molecule has 0 saturated heterocycles. The van der Waals surface area contributed by atoms with Crippen molar-refractivity contribution >= 4 is 5.97 Å². The third-order valence-electron chi connectivity index (χ3n) is 2.80. The molecule has 1 unspecified atom stereocenters. The molecule has 0 aromatic rings. The molecule has 0 amide bonds. The number of hydrogen-bond donors (Lipinski definition) is 1. The predicted molar refractivity (Wildman–Crippen MR) is 53.3 cm³/mol. The molecule has 0 heterocycles. The Bertz CT molecular complexity index is 166. The third-order valence-corrected chi connectivity index (χ3v) is 2.80. The van der Waals surface area contributed by atoms with Crippen LogP contribution in [0, 0.1) is 5.41 Å². The SMILES string of the molecule is CCC(C)(C)C(N)CCC(=O)OC. The van der Waals surface area contributed by atoms with Crippen LogP contribution < -0.4 is 5.73 Å². The van der Waals surface area contributed by atoms with E-state index in [-0.39, 0.29) is 17.4 Å². The van der Waals surface area contributed by atoms with Crippen LogP contribution in [0.25, 0.3) is 0 Å². The van der Waals surface area contributed by atoms with Gasteiger partial charge >= 0.3 is 5.97 Å². The molecule has 0 saturated carbocycles. The highest BCUT2D eigenvalue weighted by molar-refractivity contribution is 5.69. The Morgan fingerprint density at radius 3 is 2.46 bits per heavy atom. The van der Waals surface area contributed by atoms with Crippen molar-refractivity contribution in [3.63, 3.8) is 0 Å². The minimum absolute atomic E-state index is 0.0663. The molecule has 3 nitrogen and oxygen atoms in total. The van der Waals surface area contributed by atoms with Crippen molar-refractivity contribution in [1.82, 2.24) is 0 Å². The second-order valence-electron chi connectivity index (χ2n) is 4.06. The summed E-state index contributed by atoms with van der Waals surface area (Å²) < 4.78 is 4.55. The summed E-state index contributed by atoms with van der Waals surface area (Å²) in [5.41, 5.74) is 6.06. The van der Waals surface area contributed by atoms with Gasteiger partial charge in [0.05, 0.1) is 7.11 Å². The lowest BCUT2D eigenvalue weighted by molar-refractivity contribution is -0.140. The van der Waals surface area contributed by atoms with Gasteiger partial charge in [-0.1, -0.05) is 20.8 Å². The summed E-state index contributed by atoms with van der Waals surface area (Å²) in [4.78, 5) is 10.9. The monoisotopic (exact) mass is 187 g/mol. The van der Waals surface area contributed by atoms with Crippen LogP contribution in [0.1, 0.15) is 40.0 Å². The van der Waals surface area contributed by atoms with Crippen molar-refractivity contribution in [3.8, 4) is 0 Å². The average Bonchev–Trinajstić information content (AvgIpc) is 2.13. The zero-order valence-electron chi connectivity index (χ0n) is 9.09. The molecular weight excluding hydrogens is 166 g/mol. The first-order chi connectivity index (χ1) is 5.94. The molecule has 0 aromatic heterocycles. The van der Waals surface area contributed by atoms with Crippen LogP contribution in [0.2, 0.25) is 0 Å². The van der Waals surface area contributed by atoms with Crippen LogP contribution in [0.4, 0.5) is 0 Å². The third kappa shape index (κ3) is 4.27. The van der Waals surface area contributed by atoms with Crippen molar-refractivity contribution in [2.75, 3.05) is 7.11 Å². The second kappa shape index (κ2) is 5.22. The maximum absolute atomic E-state index is 10.9. The summed E-state index contributed by atoms with van der Waals surface area (Å²) in [6.45, 7) is 6.35. The molecule has 78 valence electrons. The molecule has 0 aliphatic carbocycles. The van der Waals surface area contributed by atoms with Crippen LogP contribution in [0.15, 0.2) is 0 Å². The molecule has 3 heteroatoms. The number of nitrogens with two attached hydrogens (primary N) is 1. The molecule has 0 bridgehead atoms. The second-order valence-corrected chi connectivity index (χ2v) is 4.06. The van der Waals surface area contributed by atoms with E-state index < -0.39 is 0 Å². The summed E-state index contributed by atoms with van der Waals surface area (Å²) >= 11 is 0. The Balaban J connectivity index is 3.87. The fourth-order valence-electron chi connectivity index (χ4n) is 1.03. The Labute approximate surface area is 80.6 Å². The lowest BCUT2D eigenvalue weighted by Crippen LogP contribution is -2.37. The van der Waals surface area contributed by atoms with E-state index in [2.05, 4.69) is 25.5 Å². The summed E-state index contributed by atoms with van der Waals surface area (Å²) in [5, 5.41) is 0. The lowest BCUT2D eigenvalue weighted by Gasteiger charge is -2.30. The summed E-state index contributed by atoms with van der Waals surface area (Å²) in [6.07, 6.45) is 2.14. The van der Waals surface area contributed by atoms with E-state index in [0.29, 0.717) is 12.8 Å². The Kier molecular flexibility index (Phi) is 4.99. The molecular formula is C10H21NO2. The highest BCUT2D eigenvalue weighted by atomic mass is 16.5. The normalized spacial score (nSPS) is 13.9. The highest BCUT2D eigenvalue weighted by Crippen LogP contribution is 2.25. The van der Waals surface area contributed by atoms with Gasteiger partial charge in [0.2, 0.25) is 0 Å². The molecule has 13 heavy (non-hydrogen) atoms. The van der Waals surface area contributed by atoms with Gasteiger partial charge in [-0.05, 0) is 18.3 Å². The topological polar surface area (TPSA) is 52.3 Å². The Hall–Kier alpha value is -0.570. The van der Waals surface area contributed by atoms with Crippen LogP contribution in [-0.4, -0.2) is 19.1 Å². The number of ether oxygens (including phenoxy) is 1. The van der Waals surface area contributed by atoms with Gasteiger partial charge in [-0.25, -0.2) is 0 Å². The van der Waals surface area contributed by atoms with Crippen LogP contribution in [-0.2, 0) is 9.53 Å². The molecule has 0 fully saturated rings. The first kappa shape index (κ1) is 12.4. The van der Waals surface area contributed by atoms with Gasteiger partial charge in [-0.3, -0.25) is 4.79 Å². The highest BCUT2D eigenvalue weighted by Gasteiger charge is 2.24. The zero-order chi connectivity index (χ0) is 10.5. The van der Waals surface area contributed by atoms with E-state index in [1.54, 1.807) is 0 Å². The van der Waals surface area contributed by atoms with E-state index in [1.165, 1.54) is 7.11 Å². The van der Waals surface area contributed by atoms with Gasteiger partial charge in [0.25, 0.3) is 0 Å². The molecule has 0 rings (SSSR count). The fourth-order valence-corrected chi connectivity index (χ4v) is 1.03. The first-order valence-corrected chi connectivity index (χ1v) is 4.76. The minimum Gasteiger partial charge on any atom is -0.469 e. The standard InChI is InChI=1S/C10H21NO2/c1-5-10(2,3)8(11)6-7-9(12)13-4/h8H,5-7,11H2,1-4H3. The van der Waals surface area contributed by atoms with Gasteiger partial charge < -0.3 is 10.5 Å². The molecule has 0 radical (unpaired) electrons. The smallest absolute Gasteiger partial charge is 0.305 e. The number of carbonyl (C=O) groups excluding carboxylic acids is 1. The van der Waals surface area contributed by atoms with Crippen LogP contribution >= 0.6 is 0 Å². The van der Waals surface area contributed by atoms with Crippen molar-refractivity contribution < 1.29 is 9.53 Å². The van der Waals surface area contributed by atoms with E-state index in [1.807, 2.05) is 0 Å². The molecule has 0 aliphatic rings. The molecule has 0 aliphatic heterocycles. The van der Waals surface area contributed by atoms with Crippen LogP contribution in [0.5, 0.6) is 0 Å². The number of rotatable bonds is 5. The molecule has 1 atom stereocenters. The maximum Gasteiger partial charge on any atom is 0.305 e. The molecule has 2 N–H and O–H groups in total. The lowest BCUT2D eigenvalue weighted by atomic mass is 9.80. The predicted octanol–water partition coefficient (Wildman–Crippen LogP) is 1.70. The fraction of sp³-hybridized carbons (Fsp3) is 0.900.